The fourth-order valence-corrected chi connectivity index (χ4v) is 18.6. The van der Waals surface area contributed by atoms with E-state index in [4.69, 9.17) is 55.3 Å². The van der Waals surface area contributed by atoms with Crippen molar-refractivity contribution < 1.29 is 40.3 Å². The van der Waals surface area contributed by atoms with Crippen molar-refractivity contribution >= 4 is 51.2 Å². The lowest BCUT2D eigenvalue weighted by molar-refractivity contribution is -0.0615. The Balaban J connectivity index is 1.28. The number of imidazole rings is 1. The van der Waals surface area contributed by atoms with Gasteiger partial charge in [0.25, 0.3) is 8.53 Å². The second-order valence-corrected chi connectivity index (χ2v) is 32.9. The molecule has 7 rings (SSSR count). The molecule has 2 aromatic heterocycles. The molecule has 3 heterocycles. The second-order valence-electron chi connectivity index (χ2n) is 19.8. The first-order valence-corrected chi connectivity index (χ1v) is 33.4. The summed E-state index contributed by atoms with van der Waals surface area (Å²) in [5.41, 5.74) is 4.05. The molecule has 4 aromatic carbocycles. The van der Waals surface area contributed by atoms with Crippen LogP contribution in [-0.2, 0) is 43.0 Å². The molecular formula is C51H71N6O9PSi3. The van der Waals surface area contributed by atoms with Gasteiger partial charge >= 0.3 is 9.05 Å². The summed E-state index contributed by atoms with van der Waals surface area (Å²) in [6.45, 7) is 21.7. The molecule has 376 valence electrons. The van der Waals surface area contributed by atoms with Crippen LogP contribution in [-0.4, -0.2) is 102 Å². The predicted octanol–water partition coefficient (Wildman–Crippen LogP) is 11.3. The molecule has 1 aliphatic heterocycles. The number of fused-ring (bicyclic) bond motifs is 1. The largest absolute Gasteiger partial charge is 0.658 e. The zero-order valence-corrected chi connectivity index (χ0v) is 46.8. The van der Waals surface area contributed by atoms with E-state index in [2.05, 4.69) is 113 Å². The summed E-state index contributed by atoms with van der Waals surface area (Å²) in [5.74, 6) is 2.01. The number of hydrogen-bond acceptors (Lipinski definition) is 14. The van der Waals surface area contributed by atoms with Crippen LogP contribution in [0.15, 0.2) is 122 Å². The first kappa shape index (κ1) is 53.4. The lowest BCUT2D eigenvalue weighted by atomic mass is 9.77. The van der Waals surface area contributed by atoms with Crippen molar-refractivity contribution in [2.24, 2.45) is 0 Å². The van der Waals surface area contributed by atoms with Crippen molar-refractivity contribution in [2.75, 3.05) is 33.3 Å². The molecule has 19 heteroatoms. The minimum Gasteiger partial charge on any atom is -0.497 e. The molecule has 4 atom stereocenters. The molecule has 15 nitrogen and oxygen atoms in total. The molecule has 70 heavy (non-hydrogen) atoms. The van der Waals surface area contributed by atoms with E-state index in [9.17, 15) is 0 Å². The maximum absolute atomic E-state index is 7.07. The Hall–Kier alpha value is -4.41. The highest BCUT2D eigenvalue weighted by Crippen LogP contribution is 2.50. The smallest absolute Gasteiger partial charge is 0.497 e. The van der Waals surface area contributed by atoms with Crippen LogP contribution >= 0.6 is 8.53 Å². The van der Waals surface area contributed by atoms with Crippen LogP contribution in [0.2, 0.25) is 39.3 Å². The molecule has 0 bridgehead atoms. The van der Waals surface area contributed by atoms with E-state index >= 15 is 0 Å². The summed E-state index contributed by atoms with van der Waals surface area (Å²) in [5, 5.41) is 3.90. The van der Waals surface area contributed by atoms with Crippen LogP contribution in [0.4, 0.5) is 5.82 Å². The zero-order chi connectivity index (χ0) is 50.3. The van der Waals surface area contributed by atoms with Crippen molar-refractivity contribution in [3.05, 3.63) is 144 Å². The number of anilines is 1. The Labute approximate surface area is 418 Å². The van der Waals surface area contributed by atoms with Crippen LogP contribution in [0.5, 0.6) is 11.5 Å². The molecule has 0 aliphatic carbocycles. The summed E-state index contributed by atoms with van der Waals surface area (Å²) >= 11 is 0. The van der Waals surface area contributed by atoms with Crippen molar-refractivity contribution in [3.8, 4) is 11.5 Å². The van der Waals surface area contributed by atoms with Gasteiger partial charge in [0.05, 0.1) is 39.9 Å². The van der Waals surface area contributed by atoms with E-state index in [1.54, 1.807) is 34.0 Å². The molecule has 0 spiro atoms. The van der Waals surface area contributed by atoms with Gasteiger partial charge in [-0.15, -0.1) is 0 Å². The number of nitrogens with zero attached hydrogens (tertiary/aromatic N) is 5. The van der Waals surface area contributed by atoms with Crippen LogP contribution in [0.3, 0.4) is 0 Å². The van der Waals surface area contributed by atoms with Gasteiger partial charge in [-0.2, -0.15) is 0 Å². The van der Waals surface area contributed by atoms with Crippen molar-refractivity contribution in [2.45, 2.75) is 116 Å². The van der Waals surface area contributed by atoms with E-state index in [-0.39, 0.29) is 25.3 Å². The van der Waals surface area contributed by atoms with Gasteiger partial charge < -0.3 is 45.7 Å². The number of rotatable bonds is 24. The molecule has 6 aromatic rings. The van der Waals surface area contributed by atoms with Gasteiger partial charge in [0.15, 0.2) is 33.6 Å². The van der Waals surface area contributed by atoms with Gasteiger partial charge in [-0.25, -0.2) is 19.6 Å². The van der Waals surface area contributed by atoms with E-state index in [0.717, 1.165) is 33.8 Å². The standard InChI is InChI=1S/C51H71N6O9PSi3/c1-37(2)57(38(3)4)67(60-7)64-45-32-47(63-46(45)34-62-70(65-68(8,9)10,66-69(11,12)13)61-33-39-20-16-14-17-21-39)56-36-54-48-49(52-35-53-50(48)56)55-51(40-22-18-15-19-23-40,41-24-28-43(58-5)29-25-41)42-26-30-44(59-6)31-27-42/h14-31,35-38,45-47H,32-34H2,1-13H3,(H,52,53,55)/t45-,46+,47+,67?/m0/s1. The highest BCUT2D eigenvalue weighted by Gasteiger charge is 2.53. The van der Waals surface area contributed by atoms with E-state index in [1.807, 2.05) is 77.4 Å². The first-order valence-electron chi connectivity index (χ1n) is 23.8. The van der Waals surface area contributed by atoms with Crippen LogP contribution in [0.25, 0.3) is 11.2 Å². The quantitative estimate of drug-likeness (QED) is 0.0349. The van der Waals surface area contributed by atoms with E-state index < -0.39 is 58.2 Å². The average Bonchev–Trinajstić information content (AvgIpc) is 3.95. The van der Waals surface area contributed by atoms with Crippen LogP contribution in [0.1, 0.15) is 62.6 Å². The number of ether oxygens (including phenoxy) is 3. The minimum atomic E-state index is -3.82. The van der Waals surface area contributed by atoms with Crippen molar-refractivity contribution in [3.63, 3.8) is 0 Å². The maximum atomic E-state index is 7.07. The third-order valence-corrected chi connectivity index (χ3v) is 21.6. The SMILES string of the molecule is COc1ccc(C(Nc2ncnc3c2ncn3[C@H]2C[C@H](OP(OC)N(C(C)C)C(C)C)[C@@H](CO[Si](OCc3ccccc3)(O[Si](C)(C)C)O[Si](C)(C)C)O2)(c2ccccc2)c2ccc(OC)cc2)cc1. The Kier molecular flexibility index (Phi) is 17.5. The number of methoxy groups -OCH3 is 2. The molecule has 0 amide bonds. The van der Waals surface area contributed by atoms with Gasteiger partial charge in [0, 0.05) is 25.6 Å². The highest BCUT2D eigenvalue weighted by atomic mass is 31.2. The Morgan fingerprint density at radius 3 is 1.77 bits per heavy atom. The third kappa shape index (κ3) is 12.8. The summed E-state index contributed by atoms with van der Waals surface area (Å²) < 4.78 is 63.3. The molecular weight excluding hydrogens is 956 g/mol. The van der Waals surface area contributed by atoms with Crippen molar-refractivity contribution in [1.82, 2.24) is 24.2 Å². The van der Waals surface area contributed by atoms with Crippen LogP contribution in [0, 0.1) is 0 Å². The summed E-state index contributed by atoms with van der Waals surface area (Å²) in [4.78, 5) is 14.7. The normalized spacial score (nSPS) is 17.5. The summed E-state index contributed by atoms with van der Waals surface area (Å²) in [7, 11) is -4.93. The monoisotopic (exact) mass is 1030 g/mol. The Morgan fingerprint density at radius 2 is 1.26 bits per heavy atom. The number of aromatic nitrogens is 4. The Bertz CT molecular complexity index is 2500. The number of hydrogen-bond donors (Lipinski definition) is 1. The average molecular weight is 1030 g/mol. The minimum absolute atomic E-state index is 0.0745. The fourth-order valence-electron chi connectivity index (χ4n) is 8.69. The molecule has 1 saturated heterocycles. The van der Waals surface area contributed by atoms with E-state index in [1.165, 1.54) is 0 Å². The first-order chi connectivity index (χ1) is 33.4. The molecule has 1 unspecified atom stereocenters. The zero-order valence-electron chi connectivity index (χ0n) is 42.9. The lowest BCUT2D eigenvalue weighted by Crippen LogP contribution is -2.59. The van der Waals surface area contributed by atoms with Crippen LogP contribution < -0.4 is 14.8 Å². The predicted molar refractivity (Wildman–Crippen MR) is 282 cm³/mol. The number of benzene rings is 4. The molecule has 1 aliphatic rings. The highest BCUT2D eigenvalue weighted by molar-refractivity contribution is 7.44. The molecule has 1 fully saturated rings. The third-order valence-electron chi connectivity index (χ3n) is 11.6. The Morgan fingerprint density at radius 1 is 0.714 bits per heavy atom. The van der Waals surface area contributed by atoms with Crippen molar-refractivity contribution in [1.29, 1.82) is 0 Å². The van der Waals surface area contributed by atoms with Gasteiger partial charge in [0.1, 0.15) is 35.7 Å². The van der Waals surface area contributed by atoms with Gasteiger partial charge in [0.2, 0.25) is 0 Å². The topological polar surface area (TPSA) is 142 Å². The second kappa shape index (κ2) is 23.0. The van der Waals surface area contributed by atoms with Gasteiger partial charge in [-0.05, 0) is 113 Å². The van der Waals surface area contributed by atoms with Gasteiger partial charge in [-0.1, -0.05) is 84.9 Å². The summed E-state index contributed by atoms with van der Waals surface area (Å²) in [6.07, 6.45) is 2.12. The summed E-state index contributed by atoms with van der Waals surface area (Å²) in [6, 6.07) is 36.7. The molecule has 1 N–H and O–H groups in total. The number of nitrogens with one attached hydrogen (secondary N) is 1. The molecule has 0 saturated carbocycles. The lowest BCUT2D eigenvalue weighted by Gasteiger charge is -2.39. The van der Waals surface area contributed by atoms with Gasteiger partial charge in [-0.3, -0.25) is 4.57 Å². The van der Waals surface area contributed by atoms with E-state index in [0.29, 0.717) is 23.4 Å². The fraction of sp³-hybridized carbons (Fsp3) is 0.431. The maximum Gasteiger partial charge on any atom is 0.658 e. The molecule has 0 radical (unpaired) electrons.